The molecule has 0 spiro atoms. The molecule has 0 saturated carbocycles. The zero-order chi connectivity index (χ0) is 19.0. The number of nitriles is 1. The van der Waals surface area contributed by atoms with Crippen LogP contribution in [0.25, 0.3) is 0 Å². The Bertz CT molecular complexity index is 578. The molecule has 1 aromatic carbocycles. The molecule has 2 aromatic rings. The molecule has 2 rings (SSSR count). The van der Waals surface area contributed by atoms with E-state index >= 15 is 0 Å². The van der Waals surface area contributed by atoms with Crippen LogP contribution in [0.3, 0.4) is 0 Å². The lowest BCUT2D eigenvalue weighted by Crippen LogP contribution is -1.99. The second-order valence-corrected chi connectivity index (χ2v) is 4.37. The highest BCUT2D eigenvalue weighted by Crippen LogP contribution is 2.11. The van der Waals surface area contributed by atoms with Gasteiger partial charge in [-0.3, -0.25) is 0 Å². The summed E-state index contributed by atoms with van der Waals surface area (Å²) in [6.45, 7) is 14.0. The van der Waals surface area contributed by atoms with Crippen molar-refractivity contribution in [3.05, 3.63) is 58.8 Å². The molecular weight excluding hydrogens is 294 g/mol. The van der Waals surface area contributed by atoms with E-state index in [-0.39, 0.29) is 0 Å². The fourth-order valence-electron chi connectivity index (χ4n) is 1.96. The predicted molar refractivity (Wildman–Crippen MR) is 106 cm³/mol. The predicted octanol–water partition coefficient (Wildman–Crippen LogP) is 5.71. The first-order chi connectivity index (χ1) is 11.7. The van der Waals surface area contributed by atoms with Crippen LogP contribution in [0.15, 0.2) is 36.4 Å². The average molecular weight is 328 g/mol. The fourth-order valence-corrected chi connectivity index (χ4v) is 1.96. The molecule has 3 heteroatoms. The van der Waals surface area contributed by atoms with E-state index in [1.54, 1.807) is 0 Å². The molecule has 0 atom stereocenters. The molecule has 0 aliphatic heterocycles. The number of pyridine rings is 1. The standard InChI is InChI=1S/C15H15N3.3C2H6/c1-11-7-14(18-15(17)8-11)6-5-12-3-2-4-13(9-12)10-16;3*1-2/h2-4,7-9H,5-6H2,1H3,(H2,17,18);3*1-2H3. The van der Waals surface area contributed by atoms with Gasteiger partial charge in [-0.2, -0.15) is 5.26 Å². The van der Waals surface area contributed by atoms with Crippen molar-refractivity contribution in [3.8, 4) is 6.07 Å². The number of rotatable bonds is 3. The molecule has 2 N–H and O–H groups in total. The Hall–Kier alpha value is -2.34. The molecule has 132 valence electrons. The highest BCUT2D eigenvalue weighted by molar-refractivity contribution is 5.35. The third-order valence-electron chi connectivity index (χ3n) is 2.77. The molecule has 0 radical (unpaired) electrons. The third-order valence-corrected chi connectivity index (χ3v) is 2.77. The fraction of sp³-hybridized carbons (Fsp3) is 0.429. The van der Waals surface area contributed by atoms with Gasteiger partial charge in [0.25, 0.3) is 0 Å². The molecule has 0 amide bonds. The second kappa shape index (κ2) is 15.6. The summed E-state index contributed by atoms with van der Waals surface area (Å²) in [5.41, 5.74) is 9.69. The van der Waals surface area contributed by atoms with E-state index in [2.05, 4.69) is 11.1 Å². The lowest BCUT2D eigenvalue weighted by molar-refractivity contribution is 0.913. The highest BCUT2D eigenvalue weighted by atomic mass is 14.8. The second-order valence-electron chi connectivity index (χ2n) is 4.37. The third kappa shape index (κ3) is 9.63. The molecule has 0 saturated heterocycles. The van der Waals surface area contributed by atoms with Crippen LogP contribution in [0.2, 0.25) is 0 Å². The van der Waals surface area contributed by atoms with Crippen molar-refractivity contribution in [1.82, 2.24) is 4.98 Å². The topological polar surface area (TPSA) is 62.7 Å². The number of aryl methyl sites for hydroxylation is 3. The van der Waals surface area contributed by atoms with Crippen molar-refractivity contribution in [2.24, 2.45) is 0 Å². The van der Waals surface area contributed by atoms with Gasteiger partial charge in [0, 0.05) is 5.69 Å². The number of nitrogen functional groups attached to an aromatic ring is 1. The Morgan fingerprint density at radius 1 is 0.958 bits per heavy atom. The lowest BCUT2D eigenvalue weighted by Gasteiger charge is -2.04. The van der Waals surface area contributed by atoms with Gasteiger partial charge in [0.2, 0.25) is 0 Å². The molecule has 0 fully saturated rings. The van der Waals surface area contributed by atoms with Crippen LogP contribution in [0.5, 0.6) is 0 Å². The van der Waals surface area contributed by atoms with E-state index in [0.29, 0.717) is 11.4 Å². The number of anilines is 1. The smallest absolute Gasteiger partial charge is 0.123 e. The number of nitrogens with two attached hydrogens (primary N) is 1. The molecule has 0 bridgehead atoms. The SMILES string of the molecule is CC.CC.CC.Cc1cc(N)nc(CCc2cccc(C#N)c2)c1. The average Bonchev–Trinajstić information content (AvgIpc) is 2.64. The summed E-state index contributed by atoms with van der Waals surface area (Å²) >= 11 is 0. The van der Waals surface area contributed by atoms with E-state index in [9.17, 15) is 0 Å². The van der Waals surface area contributed by atoms with Gasteiger partial charge in [0.15, 0.2) is 0 Å². The summed E-state index contributed by atoms with van der Waals surface area (Å²) in [4.78, 5) is 4.30. The maximum absolute atomic E-state index is 8.84. The first-order valence-electron chi connectivity index (χ1n) is 8.89. The maximum Gasteiger partial charge on any atom is 0.123 e. The Morgan fingerprint density at radius 3 is 2.12 bits per heavy atom. The van der Waals surface area contributed by atoms with E-state index in [0.717, 1.165) is 29.7 Å². The van der Waals surface area contributed by atoms with Gasteiger partial charge >= 0.3 is 0 Å². The Kier molecular flexibility index (Phi) is 15.5. The van der Waals surface area contributed by atoms with Gasteiger partial charge in [0.05, 0.1) is 11.6 Å². The van der Waals surface area contributed by atoms with E-state index in [1.807, 2.05) is 84.9 Å². The van der Waals surface area contributed by atoms with Crippen LogP contribution >= 0.6 is 0 Å². The number of nitrogens with zero attached hydrogens (tertiary/aromatic N) is 2. The molecule has 24 heavy (non-hydrogen) atoms. The zero-order valence-electron chi connectivity index (χ0n) is 16.4. The summed E-state index contributed by atoms with van der Waals surface area (Å²) < 4.78 is 0. The number of hydrogen-bond donors (Lipinski definition) is 1. The number of aromatic nitrogens is 1. The lowest BCUT2D eigenvalue weighted by atomic mass is 10.0. The molecule has 1 aromatic heterocycles. The minimum absolute atomic E-state index is 0.566. The van der Waals surface area contributed by atoms with Crippen molar-refractivity contribution in [2.75, 3.05) is 5.73 Å². The van der Waals surface area contributed by atoms with Crippen molar-refractivity contribution < 1.29 is 0 Å². The van der Waals surface area contributed by atoms with E-state index in [1.165, 1.54) is 0 Å². The van der Waals surface area contributed by atoms with Gasteiger partial charge in [-0.25, -0.2) is 4.98 Å². The van der Waals surface area contributed by atoms with Crippen LogP contribution in [0, 0.1) is 18.3 Å². The first kappa shape index (κ1) is 23.9. The van der Waals surface area contributed by atoms with Gasteiger partial charge in [-0.1, -0.05) is 53.7 Å². The molecule has 1 heterocycles. The molecule has 0 aliphatic carbocycles. The summed E-state index contributed by atoms with van der Waals surface area (Å²) in [7, 11) is 0. The molecular formula is C21H33N3. The monoisotopic (exact) mass is 327 g/mol. The van der Waals surface area contributed by atoms with Crippen LogP contribution in [0.4, 0.5) is 5.82 Å². The molecule has 0 unspecified atom stereocenters. The van der Waals surface area contributed by atoms with Crippen LogP contribution in [-0.2, 0) is 12.8 Å². The minimum atomic E-state index is 0.566. The van der Waals surface area contributed by atoms with E-state index in [4.69, 9.17) is 11.0 Å². The summed E-state index contributed by atoms with van der Waals surface area (Å²) in [6.07, 6.45) is 1.70. The van der Waals surface area contributed by atoms with Crippen molar-refractivity contribution >= 4 is 5.82 Å². The summed E-state index contributed by atoms with van der Waals surface area (Å²) in [5.74, 6) is 0.566. The quantitative estimate of drug-likeness (QED) is 0.785. The molecule has 3 nitrogen and oxygen atoms in total. The minimum Gasteiger partial charge on any atom is -0.384 e. The number of hydrogen-bond acceptors (Lipinski definition) is 3. The van der Waals surface area contributed by atoms with Gasteiger partial charge < -0.3 is 5.73 Å². The normalized spacial score (nSPS) is 8.25. The number of benzene rings is 1. The van der Waals surface area contributed by atoms with Gasteiger partial charge in [0.1, 0.15) is 5.82 Å². The van der Waals surface area contributed by atoms with Crippen LogP contribution in [0.1, 0.15) is 63.9 Å². The highest BCUT2D eigenvalue weighted by Gasteiger charge is 2.00. The van der Waals surface area contributed by atoms with Gasteiger partial charge in [-0.05, 0) is 55.2 Å². The zero-order valence-corrected chi connectivity index (χ0v) is 16.4. The first-order valence-corrected chi connectivity index (χ1v) is 8.89. The molecule has 0 aliphatic rings. The summed E-state index contributed by atoms with van der Waals surface area (Å²) in [5, 5.41) is 8.84. The largest absolute Gasteiger partial charge is 0.384 e. The van der Waals surface area contributed by atoms with Crippen LogP contribution < -0.4 is 5.73 Å². The summed E-state index contributed by atoms with van der Waals surface area (Å²) in [6, 6.07) is 13.7. The van der Waals surface area contributed by atoms with Crippen molar-refractivity contribution in [3.63, 3.8) is 0 Å². The Morgan fingerprint density at radius 2 is 1.58 bits per heavy atom. The van der Waals surface area contributed by atoms with E-state index < -0.39 is 0 Å². The van der Waals surface area contributed by atoms with Crippen LogP contribution in [-0.4, -0.2) is 4.98 Å². The Labute approximate surface area is 148 Å². The van der Waals surface area contributed by atoms with Crippen molar-refractivity contribution in [2.45, 2.75) is 61.3 Å². The maximum atomic E-state index is 8.84. The van der Waals surface area contributed by atoms with Gasteiger partial charge in [-0.15, -0.1) is 0 Å². The van der Waals surface area contributed by atoms with Crippen molar-refractivity contribution in [1.29, 1.82) is 5.26 Å². The Balaban J connectivity index is 0.